The highest BCUT2D eigenvalue weighted by Gasteiger charge is 2.29. The zero-order valence-corrected chi connectivity index (χ0v) is 14.7. The predicted octanol–water partition coefficient (Wildman–Crippen LogP) is 2.78. The maximum absolute atomic E-state index is 12.6. The van der Waals surface area contributed by atoms with Crippen LogP contribution in [0, 0.1) is 6.92 Å². The van der Waals surface area contributed by atoms with E-state index in [0.29, 0.717) is 12.1 Å². The molecule has 1 heterocycles. The summed E-state index contributed by atoms with van der Waals surface area (Å²) in [5.41, 5.74) is 4.53. The molecular formula is C19H19NO3S. The smallest absolute Gasteiger partial charge is 0.254 e. The van der Waals surface area contributed by atoms with E-state index in [0.717, 1.165) is 22.3 Å². The van der Waals surface area contributed by atoms with Crippen LogP contribution in [-0.2, 0) is 14.6 Å². The molecule has 1 amide bonds. The summed E-state index contributed by atoms with van der Waals surface area (Å²) in [6, 6.07) is 14.6. The van der Waals surface area contributed by atoms with Gasteiger partial charge in [0.25, 0.3) is 5.91 Å². The number of likely N-dealkylation sites (N-methyl/N-ethyl adjacent to an activating group) is 1. The third-order valence-corrected chi connectivity index (χ3v) is 5.36. The van der Waals surface area contributed by atoms with Gasteiger partial charge in [0, 0.05) is 19.8 Å². The highest BCUT2D eigenvalue weighted by atomic mass is 32.2. The number of carbonyl (C=O) groups is 1. The molecule has 0 radical (unpaired) electrons. The van der Waals surface area contributed by atoms with Gasteiger partial charge in [0.2, 0.25) is 0 Å². The van der Waals surface area contributed by atoms with E-state index in [1.54, 1.807) is 36.2 Å². The van der Waals surface area contributed by atoms with Gasteiger partial charge in [-0.2, -0.15) is 0 Å². The van der Waals surface area contributed by atoms with Gasteiger partial charge in [0.05, 0.1) is 10.5 Å². The van der Waals surface area contributed by atoms with E-state index < -0.39 is 9.84 Å². The first-order valence-corrected chi connectivity index (χ1v) is 9.52. The summed E-state index contributed by atoms with van der Waals surface area (Å²) in [5.74, 6) is -0.0438. The Morgan fingerprint density at radius 2 is 1.46 bits per heavy atom. The van der Waals surface area contributed by atoms with E-state index in [1.165, 1.54) is 6.26 Å². The van der Waals surface area contributed by atoms with Crippen molar-refractivity contribution >= 4 is 26.9 Å². The van der Waals surface area contributed by atoms with Gasteiger partial charge in [0.1, 0.15) is 0 Å². The number of aryl methyl sites for hydroxylation is 1. The van der Waals surface area contributed by atoms with Gasteiger partial charge >= 0.3 is 0 Å². The van der Waals surface area contributed by atoms with Crippen molar-refractivity contribution in [1.82, 2.24) is 4.90 Å². The van der Waals surface area contributed by atoms with Gasteiger partial charge < -0.3 is 4.90 Å². The number of sulfone groups is 1. The van der Waals surface area contributed by atoms with E-state index in [-0.39, 0.29) is 10.8 Å². The molecule has 24 heavy (non-hydrogen) atoms. The second-order valence-electron chi connectivity index (χ2n) is 6.18. The standard InChI is InChI=1S/C19H19NO3S/c1-13-4-6-14(7-5-13)17-12-20(2)19(21)18(17)15-8-10-16(11-9-15)24(3,22)23/h4-11H,12H2,1-3H3. The number of hydrogen-bond donors (Lipinski definition) is 0. The molecule has 0 aliphatic carbocycles. The fraction of sp³-hybridized carbons (Fsp3) is 0.211. The van der Waals surface area contributed by atoms with Crippen LogP contribution >= 0.6 is 0 Å². The Morgan fingerprint density at radius 3 is 2.00 bits per heavy atom. The SMILES string of the molecule is Cc1ccc(C2=C(c3ccc(S(C)(=O)=O)cc3)C(=O)N(C)C2)cc1. The summed E-state index contributed by atoms with van der Waals surface area (Å²) in [4.78, 5) is 14.5. The van der Waals surface area contributed by atoms with Gasteiger partial charge in [-0.15, -0.1) is 0 Å². The van der Waals surface area contributed by atoms with Crippen LogP contribution in [0.5, 0.6) is 0 Å². The Hall–Kier alpha value is -2.40. The Morgan fingerprint density at radius 1 is 0.917 bits per heavy atom. The lowest BCUT2D eigenvalue weighted by molar-refractivity contribution is -0.122. The molecule has 2 aromatic carbocycles. The topological polar surface area (TPSA) is 54.5 Å². The number of nitrogens with zero attached hydrogens (tertiary/aromatic N) is 1. The Balaban J connectivity index is 2.12. The molecule has 0 N–H and O–H groups in total. The van der Waals surface area contributed by atoms with E-state index >= 15 is 0 Å². The van der Waals surface area contributed by atoms with E-state index in [2.05, 4.69) is 0 Å². The van der Waals surface area contributed by atoms with Crippen LogP contribution in [-0.4, -0.2) is 39.1 Å². The Kier molecular flexibility index (Phi) is 4.05. The lowest BCUT2D eigenvalue weighted by atomic mass is 9.96. The largest absolute Gasteiger partial charge is 0.337 e. The monoisotopic (exact) mass is 341 g/mol. The third kappa shape index (κ3) is 2.99. The van der Waals surface area contributed by atoms with Crippen molar-refractivity contribution in [2.75, 3.05) is 19.8 Å². The Bertz CT molecular complexity index is 924. The van der Waals surface area contributed by atoms with Gasteiger partial charge in [-0.25, -0.2) is 8.42 Å². The molecule has 0 bridgehead atoms. The van der Waals surface area contributed by atoms with Crippen molar-refractivity contribution in [1.29, 1.82) is 0 Å². The number of rotatable bonds is 3. The highest BCUT2D eigenvalue weighted by Crippen LogP contribution is 2.34. The van der Waals surface area contributed by atoms with Crippen LogP contribution in [0.3, 0.4) is 0 Å². The first-order valence-electron chi connectivity index (χ1n) is 7.63. The van der Waals surface area contributed by atoms with Crippen molar-refractivity contribution in [3.8, 4) is 0 Å². The molecule has 0 saturated heterocycles. The zero-order valence-electron chi connectivity index (χ0n) is 13.9. The first kappa shape index (κ1) is 16.5. The van der Waals surface area contributed by atoms with Crippen LogP contribution < -0.4 is 0 Å². The molecule has 124 valence electrons. The molecule has 0 aromatic heterocycles. The molecule has 4 nitrogen and oxygen atoms in total. The maximum atomic E-state index is 12.6. The van der Waals surface area contributed by atoms with Crippen LogP contribution in [0.25, 0.3) is 11.1 Å². The van der Waals surface area contributed by atoms with Crippen LogP contribution in [0.15, 0.2) is 53.4 Å². The third-order valence-electron chi connectivity index (χ3n) is 4.23. The van der Waals surface area contributed by atoms with Crippen LogP contribution in [0.1, 0.15) is 16.7 Å². The summed E-state index contributed by atoms with van der Waals surface area (Å²) >= 11 is 0. The van der Waals surface area contributed by atoms with Crippen molar-refractivity contribution in [3.05, 3.63) is 65.2 Å². The summed E-state index contributed by atoms with van der Waals surface area (Å²) in [6.45, 7) is 2.57. The van der Waals surface area contributed by atoms with Crippen LogP contribution in [0.4, 0.5) is 0 Å². The van der Waals surface area contributed by atoms with Gasteiger partial charge in [-0.05, 0) is 35.8 Å². The van der Waals surface area contributed by atoms with Gasteiger partial charge in [-0.1, -0.05) is 42.0 Å². The van der Waals surface area contributed by atoms with Crippen molar-refractivity contribution in [3.63, 3.8) is 0 Å². The Labute approximate surface area is 142 Å². The normalized spacial score (nSPS) is 15.3. The molecule has 0 atom stereocenters. The number of benzene rings is 2. The minimum absolute atomic E-state index is 0.0438. The van der Waals surface area contributed by atoms with Gasteiger partial charge in [-0.3, -0.25) is 4.79 Å². The second kappa shape index (κ2) is 5.91. The molecule has 1 aliphatic rings. The van der Waals surface area contributed by atoms with Crippen molar-refractivity contribution < 1.29 is 13.2 Å². The van der Waals surface area contributed by atoms with Crippen molar-refractivity contribution in [2.24, 2.45) is 0 Å². The summed E-state index contributed by atoms with van der Waals surface area (Å²) in [6.07, 6.45) is 1.17. The minimum atomic E-state index is -3.25. The molecule has 3 rings (SSSR count). The van der Waals surface area contributed by atoms with Crippen molar-refractivity contribution in [2.45, 2.75) is 11.8 Å². The van der Waals surface area contributed by atoms with E-state index in [9.17, 15) is 13.2 Å². The molecule has 1 aliphatic heterocycles. The average Bonchev–Trinajstić information content (AvgIpc) is 2.83. The predicted molar refractivity (Wildman–Crippen MR) is 95.2 cm³/mol. The first-order chi connectivity index (χ1) is 11.3. The average molecular weight is 341 g/mol. The van der Waals surface area contributed by atoms with E-state index in [1.807, 2.05) is 31.2 Å². The number of carbonyl (C=O) groups excluding carboxylic acids is 1. The molecule has 5 heteroatoms. The zero-order chi connectivity index (χ0) is 17.5. The van der Waals surface area contributed by atoms with Gasteiger partial charge in [0.15, 0.2) is 9.84 Å². The number of hydrogen-bond acceptors (Lipinski definition) is 3. The molecule has 0 fully saturated rings. The lowest BCUT2D eigenvalue weighted by Gasteiger charge is -2.08. The highest BCUT2D eigenvalue weighted by molar-refractivity contribution is 7.90. The van der Waals surface area contributed by atoms with Crippen LogP contribution in [0.2, 0.25) is 0 Å². The quantitative estimate of drug-likeness (QED) is 0.863. The molecule has 2 aromatic rings. The fourth-order valence-corrected chi connectivity index (χ4v) is 3.50. The maximum Gasteiger partial charge on any atom is 0.254 e. The lowest BCUT2D eigenvalue weighted by Crippen LogP contribution is -2.21. The number of amides is 1. The summed E-state index contributed by atoms with van der Waals surface area (Å²) in [7, 11) is -1.48. The summed E-state index contributed by atoms with van der Waals surface area (Å²) in [5, 5.41) is 0. The fourth-order valence-electron chi connectivity index (χ4n) is 2.86. The minimum Gasteiger partial charge on any atom is -0.337 e. The van der Waals surface area contributed by atoms with E-state index in [4.69, 9.17) is 0 Å². The molecule has 0 saturated carbocycles. The second-order valence-corrected chi connectivity index (χ2v) is 8.19. The molecular weight excluding hydrogens is 322 g/mol. The summed E-state index contributed by atoms with van der Waals surface area (Å²) < 4.78 is 23.2. The molecule has 0 spiro atoms. The molecule has 0 unspecified atom stereocenters.